The molecule has 1 rings (SSSR count). The third-order valence-corrected chi connectivity index (χ3v) is 3.63. The Morgan fingerprint density at radius 1 is 1.07 bits per heavy atom. The van der Waals surface area contributed by atoms with Crippen molar-refractivity contribution in [3.63, 3.8) is 0 Å². The number of hydrogen-bond acceptors (Lipinski definition) is 5. The van der Waals surface area contributed by atoms with Crippen LogP contribution in [0.5, 0.6) is 5.75 Å². The summed E-state index contributed by atoms with van der Waals surface area (Å²) in [6.45, 7) is 7.60. The molecule has 0 saturated carbocycles. The minimum Gasteiger partial charge on any atom is -0.497 e. The molecule has 1 aromatic rings. The third kappa shape index (κ3) is 12.8. The van der Waals surface area contributed by atoms with Crippen molar-refractivity contribution in [1.29, 1.82) is 0 Å². The Balaban J connectivity index is 0.00000729. The van der Waals surface area contributed by atoms with Gasteiger partial charge in [-0.05, 0) is 37.5 Å². The lowest BCUT2D eigenvalue weighted by atomic mass is 10.2. The van der Waals surface area contributed by atoms with Crippen LogP contribution in [0.15, 0.2) is 29.3 Å². The highest BCUT2D eigenvalue weighted by molar-refractivity contribution is 14.0. The first-order chi connectivity index (χ1) is 13.2. The van der Waals surface area contributed by atoms with Gasteiger partial charge in [-0.1, -0.05) is 19.1 Å². The number of ether oxygens (including phenoxy) is 3. The summed E-state index contributed by atoms with van der Waals surface area (Å²) >= 11 is 0. The van der Waals surface area contributed by atoms with Gasteiger partial charge in [0.25, 0.3) is 0 Å². The number of carbonyl (C=O) groups excluding carboxylic acids is 1. The lowest BCUT2D eigenvalue weighted by Crippen LogP contribution is -2.39. The first-order valence-corrected chi connectivity index (χ1v) is 9.58. The van der Waals surface area contributed by atoms with Gasteiger partial charge in [-0.2, -0.15) is 0 Å². The van der Waals surface area contributed by atoms with Gasteiger partial charge in [0.2, 0.25) is 0 Å². The van der Waals surface area contributed by atoms with E-state index in [0.29, 0.717) is 38.7 Å². The molecule has 0 unspecified atom stereocenters. The van der Waals surface area contributed by atoms with Crippen LogP contribution in [0.1, 0.15) is 38.7 Å². The van der Waals surface area contributed by atoms with Gasteiger partial charge in [-0.25, -0.2) is 4.99 Å². The van der Waals surface area contributed by atoms with Gasteiger partial charge < -0.3 is 24.8 Å². The number of carbonyl (C=O) groups is 1. The molecule has 0 aliphatic heterocycles. The quantitative estimate of drug-likeness (QED) is 0.140. The zero-order chi connectivity index (χ0) is 19.7. The lowest BCUT2D eigenvalue weighted by Gasteiger charge is -2.13. The van der Waals surface area contributed by atoms with Crippen molar-refractivity contribution >= 4 is 35.9 Å². The normalized spacial score (nSPS) is 10.8. The van der Waals surface area contributed by atoms with E-state index in [9.17, 15) is 4.79 Å². The second kappa shape index (κ2) is 17.5. The molecule has 0 atom stereocenters. The first kappa shape index (κ1) is 26.4. The molecule has 28 heavy (non-hydrogen) atoms. The molecule has 0 fully saturated rings. The highest BCUT2D eigenvalue weighted by atomic mass is 127. The number of esters is 1. The molecular formula is C20H34IN3O4. The van der Waals surface area contributed by atoms with Crippen LogP contribution in [-0.2, 0) is 20.8 Å². The van der Waals surface area contributed by atoms with Crippen LogP contribution in [-0.4, -0.2) is 51.9 Å². The zero-order valence-corrected chi connectivity index (χ0v) is 19.5. The maximum absolute atomic E-state index is 11.6. The number of benzene rings is 1. The van der Waals surface area contributed by atoms with E-state index in [1.54, 1.807) is 7.11 Å². The Morgan fingerprint density at radius 2 is 1.79 bits per heavy atom. The summed E-state index contributed by atoms with van der Waals surface area (Å²) in [7, 11) is 1.65. The van der Waals surface area contributed by atoms with Gasteiger partial charge in [-0.15, -0.1) is 24.0 Å². The van der Waals surface area contributed by atoms with Crippen molar-refractivity contribution in [2.24, 2.45) is 4.99 Å². The second-order valence-electron chi connectivity index (χ2n) is 5.89. The number of rotatable bonds is 13. The summed E-state index contributed by atoms with van der Waals surface area (Å²) < 4.78 is 15.6. The Kier molecular flexibility index (Phi) is 16.6. The molecule has 0 spiro atoms. The van der Waals surface area contributed by atoms with Crippen molar-refractivity contribution in [1.82, 2.24) is 10.6 Å². The highest BCUT2D eigenvalue weighted by Crippen LogP contribution is 2.11. The molecule has 0 saturated heterocycles. The molecular weight excluding hydrogens is 473 g/mol. The van der Waals surface area contributed by atoms with E-state index in [-0.39, 0.29) is 29.9 Å². The Bertz CT molecular complexity index is 553. The maximum Gasteiger partial charge on any atom is 0.307 e. The number of nitrogens with one attached hydrogen (secondary N) is 2. The molecule has 0 heterocycles. The monoisotopic (exact) mass is 507 g/mol. The number of aliphatic imine (C=N–C) groups is 1. The van der Waals surface area contributed by atoms with E-state index in [0.717, 1.165) is 37.3 Å². The predicted molar refractivity (Wildman–Crippen MR) is 123 cm³/mol. The minimum atomic E-state index is -0.199. The van der Waals surface area contributed by atoms with Crippen molar-refractivity contribution < 1.29 is 19.0 Å². The summed E-state index contributed by atoms with van der Waals surface area (Å²) in [5.74, 6) is 1.29. The van der Waals surface area contributed by atoms with Gasteiger partial charge >= 0.3 is 5.97 Å². The molecule has 0 aliphatic carbocycles. The predicted octanol–water partition coefficient (Wildman–Crippen LogP) is 3.12. The fraction of sp³-hybridized carbons (Fsp3) is 0.600. The largest absolute Gasteiger partial charge is 0.497 e. The van der Waals surface area contributed by atoms with Gasteiger partial charge in [0.15, 0.2) is 5.96 Å². The van der Waals surface area contributed by atoms with Crippen LogP contribution in [0.3, 0.4) is 0 Å². The molecule has 0 radical (unpaired) electrons. The SMILES string of the molecule is CCCOC(=O)CCNC(=NCc1ccc(OC)cc1)NCCCOCC.I. The zero-order valence-electron chi connectivity index (χ0n) is 17.2. The summed E-state index contributed by atoms with van der Waals surface area (Å²) in [6.07, 6.45) is 2.02. The third-order valence-electron chi connectivity index (χ3n) is 3.63. The maximum atomic E-state index is 11.6. The summed E-state index contributed by atoms with van der Waals surface area (Å²) in [5.41, 5.74) is 1.08. The second-order valence-corrected chi connectivity index (χ2v) is 5.89. The van der Waals surface area contributed by atoms with Crippen LogP contribution in [0, 0.1) is 0 Å². The first-order valence-electron chi connectivity index (χ1n) is 9.58. The summed E-state index contributed by atoms with van der Waals surface area (Å²) in [5, 5.41) is 6.45. The molecule has 0 aromatic heterocycles. The van der Waals surface area contributed by atoms with Crippen molar-refractivity contribution in [3.8, 4) is 5.75 Å². The number of methoxy groups -OCH3 is 1. The van der Waals surface area contributed by atoms with Crippen LogP contribution in [0.2, 0.25) is 0 Å². The number of nitrogens with zero attached hydrogens (tertiary/aromatic N) is 1. The van der Waals surface area contributed by atoms with E-state index in [1.165, 1.54) is 0 Å². The molecule has 0 aliphatic rings. The van der Waals surface area contributed by atoms with Gasteiger partial charge in [-0.3, -0.25) is 4.79 Å². The van der Waals surface area contributed by atoms with Crippen molar-refractivity contribution in [2.45, 2.75) is 39.7 Å². The molecule has 0 bridgehead atoms. The van der Waals surface area contributed by atoms with Crippen LogP contribution < -0.4 is 15.4 Å². The van der Waals surface area contributed by atoms with Gasteiger partial charge in [0, 0.05) is 26.3 Å². The molecule has 7 nitrogen and oxygen atoms in total. The van der Waals surface area contributed by atoms with Gasteiger partial charge in [0.05, 0.1) is 26.7 Å². The van der Waals surface area contributed by atoms with Crippen molar-refractivity contribution in [2.75, 3.05) is 40.0 Å². The minimum absolute atomic E-state index is 0. The van der Waals surface area contributed by atoms with E-state index >= 15 is 0 Å². The lowest BCUT2D eigenvalue weighted by molar-refractivity contribution is -0.143. The van der Waals surface area contributed by atoms with Crippen LogP contribution >= 0.6 is 24.0 Å². The standard InChI is InChI=1S/C20H33N3O4.HI/c1-4-14-27-19(24)11-13-22-20(21-12-6-15-26-5-2)23-16-17-7-9-18(25-3)10-8-17;/h7-10H,4-6,11-16H2,1-3H3,(H2,21,22,23);1H. The van der Waals surface area contributed by atoms with Gasteiger partial charge in [0.1, 0.15) is 5.75 Å². The fourth-order valence-electron chi connectivity index (χ4n) is 2.17. The summed E-state index contributed by atoms with van der Waals surface area (Å²) in [4.78, 5) is 16.2. The number of guanidine groups is 1. The summed E-state index contributed by atoms with van der Waals surface area (Å²) in [6, 6.07) is 7.79. The average Bonchev–Trinajstić information content (AvgIpc) is 2.70. The van der Waals surface area contributed by atoms with E-state index < -0.39 is 0 Å². The molecule has 8 heteroatoms. The molecule has 1 aromatic carbocycles. The van der Waals surface area contributed by atoms with E-state index in [2.05, 4.69) is 15.6 Å². The Labute approximate surface area is 185 Å². The molecule has 0 amide bonds. The molecule has 2 N–H and O–H groups in total. The topological polar surface area (TPSA) is 81.2 Å². The van der Waals surface area contributed by atoms with Crippen molar-refractivity contribution in [3.05, 3.63) is 29.8 Å². The highest BCUT2D eigenvalue weighted by Gasteiger charge is 2.04. The molecule has 160 valence electrons. The smallest absolute Gasteiger partial charge is 0.307 e. The van der Waals surface area contributed by atoms with E-state index in [4.69, 9.17) is 14.2 Å². The van der Waals surface area contributed by atoms with Crippen LogP contribution in [0.25, 0.3) is 0 Å². The van der Waals surface area contributed by atoms with E-state index in [1.807, 2.05) is 38.1 Å². The Morgan fingerprint density at radius 3 is 2.43 bits per heavy atom. The fourth-order valence-corrected chi connectivity index (χ4v) is 2.17. The number of halogens is 1. The van der Waals surface area contributed by atoms with Crippen LogP contribution in [0.4, 0.5) is 0 Å². The Hall–Kier alpha value is -1.55. The average molecular weight is 507 g/mol. The number of hydrogen-bond donors (Lipinski definition) is 2.